The molecule has 41 heavy (non-hydrogen) atoms. The molecule has 0 spiro atoms. The van der Waals surface area contributed by atoms with Gasteiger partial charge in [-0.2, -0.15) is 0 Å². The van der Waals surface area contributed by atoms with Crippen molar-refractivity contribution in [2.45, 2.75) is 38.4 Å². The number of carbonyl (C=O) groups excluding carboxylic acids is 1. The van der Waals surface area contributed by atoms with Gasteiger partial charge >= 0.3 is 0 Å². The number of nitrogens with zero attached hydrogens (tertiary/aromatic N) is 4. The third kappa shape index (κ3) is 6.38. The van der Waals surface area contributed by atoms with E-state index in [1.54, 1.807) is 28.7 Å². The first-order valence-corrected chi connectivity index (χ1v) is 15.9. The van der Waals surface area contributed by atoms with Gasteiger partial charge in [-0.25, -0.2) is 17.7 Å². The summed E-state index contributed by atoms with van der Waals surface area (Å²) >= 11 is 12.2. The maximum atomic E-state index is 14.0. The summed E-state index contributed by atoms with van der Waals surface area (Å²) in [5.41, 5.74) is 2.18. The normalized spacial score (nSPS) is 17.7. The van der Waals surface area contributed by atoms with Gasteiger partial charge in [0.15, 0.2) is 0 Å². The largest absolute Gasteiger partial charge is 0.497 e. The SMILES string of the molecule is COc1ccc(CNc2nc3c(c(=O)n2C2CCCN(S(C)(=O)=O)C2)CCN(C(=O)c2ccc(Cl)c(Cl)c2)C3)cc1. The Hall–Kier alpha value is -3.12. The molecule has 2 aliphatic rings. The van der Waals surface area contributed by atoms with E-state index in [9.17, 15) is 18.0 Å². The van der Waals surface area contributed by atoms with Crippen LogP contribution in [0.3, 0.4) is 0 Å². The molecule has 13 heteroatoms. The van der Waals surface area contributed by atoms with E-state index in [4.69, 9.17) is 32.9 Å². The van der Waals surface area contributed by atoms with Crippen molar-refractivity contribution in [1.82, 2.24) is 18.8 Å². The molecule has 218 valence electrons. The van der Waals surface area contributed by atoms with Crippen molar-refractivity contribution in [3.8, 4) is 5.75 Å². The molecule has 5 rings (SSSR count). The minimum absolute atomic E-state index is 0.155. The average molecular weight is 621 g/mol. The van der Waals surface area contributed by atoms with Gasteiger partial charge in [0.1, 0.15) is 5.75 Å². The topological polar surface area (TPSA) is 114 Å². The van der Waals surface area contributed by atoms with Crippen molar-refractivity contribution in [3.63, 3.8) is 0 Å². The van der Waals surface area contributed by atoms with Crippen LogP contribution in [0.1, 0.15) is 46.1 Å². The average Bonchev–Trinajstić information content (AvgIpc) is 2.96. The van der Waals surface area contributed by atoms with E-state index in [0.29, 0.717) is 66.7 Å². The van der Waals surface area contributed by atoms with Gasteiger partial charge in [0.2, 0.25) is 16.0 Å². The Labute approximate surface area is 248 Å². The number of benzene rings is 2. The first-order chi connectivity index (χ1) is 19.5. The highest BCUT2D eigenvalue weighted by Crippen LogP contribution is 2.28. The summed E-state index contributed by atoms with van der Waals surface area (Å²) in [4.78, 5) is 33.7. The number of carbonyl (C=O) groups is 1. The second-order valence-electron chi connectivity index (χ2n) is 10.3. The predicted molar refractivity (Wildman–Crippen MR) is 158 cm³/mol. The summed E-state index contributed by atoms with van der Waals surface area (Å²) in [6.45, 7) is 1.48. The summed E-state index contributed by atoms with van der Waals surface area (Å²) < 4.78 is 32.9. The number of anilines is 1. The van der Waals surface area contributed by atoms with Crippen molar-refractivity contribution >= 4 is 45.1 Å². The zero-order chi connectivity index (χ0) is 29.3. The van der Waals surface area contributed by atoms with Gasteiger partial charge in [-0.1, -0.05) is 35.3 Å². The van der Waals surface area contributed by atoms with Crippen LogP contribution in [0.4, 0.5) is 5.95 Å². The monoisotopic (exact) mass is 619 g/mol. The lowest BCUT2D eigenvalue weighted by atomic mass is 10.0. The van der Waals surface area contributed by atoms with Gasteiger partial charge in [-0.15, -0.1) is 0 Å². The maximum absolute atomic E-state index is 14.0. The maximum Gasteiger partial charge on any atom is 0.258 e. The fourth-order valence-corrected chi connectivity index (χ4v) is 6.51. The molecule has 2 aliphatic heterocycles. The van der Waals surface area contributed by atoms with Gasteiger partial charge in [-0.05, 0) is 55.2 Å². The number of nitrogens with one attached hydrogen (secondary N) is 1. The number of piperidine rings is 1. The van der Waals surface area contributed by atoms with E-state index in [0.717, 1.165) is 11.3 Å². The number of methoxy groups -OCH3 is 1. The molecule has 1 unspecified atom stereocenters. The molecule has 1 amide bonds. The first-order valence-electron chi connectivity index (χ1n) is 13.3. The Morgan fingerprint density at radius 3 is 2.56 bits per heavy atom. The van der Waals surface area contributed by atoms with Crippen LogP contribution >= 0.6 is 23.2 Å². The number of fused-ring (bicyclic) bond motifs is 1. The molecule has 3 heterocycles. The number of rotatable bonds is 7. The van der Waals surface area contributed by atoms with Gasteiger partial charge < -0.3 is 15.0 Å². The van der Waals surface area contributed by atoms with Crippen LogP contribution in [0.5, 0.6) is 5.75 Å². The van der Waals surface area contributed by atoms with Crippen molar-refractivity contribution in [2.24, 2.45) is 0 Å². The standard InChI is InChI=1S/C28H31Cl2N5O5S/c1-40-21-8-5-18(6-9-21)15-31-28-32-25-17-33(26(36)19-7-10-23(29)24(30)14-19)13-11-22(25)27(37)35(28)20-4-3-12-34(16-20)41(2,38)39/h5-10,14,20H,3-4,11-13,15-17H2,1-2H3,(H,31,32). The summed E-state index contributed by atoms with van der Waals surface area (Å²) in [5.74, 6) is 0.838. The summed E-state index contributed by atoms with van der Waals surface area (Å²) in [6, 6.07) is 11.9. The van der Waals surface area contributed by atoms with Crippen LogP contribution < -0.4 is 15.6 Å². The van der Waals surface area contributed by atoms with E-state index in [-0.39, 0.29) is 35.6 Å². The van der Waals surface area contributed by atoms with Gasteiger partial charge in [-0.3, -0.25) is 14.2 Å². The number of sulfonamides is 1. The lowest BCUT2D eigenvalue weighted by Crippen LogP contribution is -2.45. The van der Waals surface area contributed by atoms with E-state index in [2.05, 4.69) is 5.32 Å². The fourth-order valence-electron chi connectivity index (χ4n) is 5.31. The summed E-state index contributed by atoms with van der Waals surface area (Å²) in [5, 5.41) is 3.95. The van der Waals surface area contributed by atoms with E-state index >= 15 is 0 Å². The highest BCUT2D eigenvalue weighted by Gasteiger charge is 2.32. The van der Waals surface area contributed by atoms with Gasteiger partial charge in [0, 0.05) is 37.3 Å². The van der Waals surface area contributed by atoms with Crippen molar-refractivity contribution < 1.29 is 17.9 Å². The molecule has 1 N–H and O–H groups in total. The second kappa shape index (κ2) is 12.0. The Balaban J connectivity index is 1.48. The van der Waals surface area contributed by atoms with E-state index in [1.807, 2.05) is 24.3 Å². The molecule has 1 atom stereocenters. The smallest absolute Gasteiger partial charge is 0.258 e. The Kier molecular flexibility index (Phi) is 8.60. The Morgan fingerprint density at radius 1 is 1.12 bits per heavy atom. The van der Waals surface area contributed by atoms with Crippen molar-refractivity contribution in [1.29, 1.82) is 0 Å². The quantitative estimate of drug-likeness (QED) is 0.426. The second-order valence-corrected chi connectivity index (χ2v) is 13.1. The minimum Gasteiger partial charge on any atom is -0.497 e. The molecular weight excluding hydrogens is 589 g/mol. The zero-order valence-electron chi connectivity index (χ0n) is 22.8. The molecule has 0 radical (unpaired) electrons. The lowest BCUT2D eigenvalue weighted by molar-refractivity contribution is 0.0731. The molecular formula is C28H31Cl2N5O5S. The molecule has 10 nitrogen and oxygen atoms in total. The number of aromatic nitrogens is 2. The third-order valence-electron chi connectivity index (χ3n) is 7.52. The van der Waals surface area contributed by atoms with E-state index < -0.39 is 10.0 Å². The first kappa shape index (κ1) is 29.4. The van der Waals surface area contributed by atoms with Gasteiger partial charge in [0.05, 0.1) is 41.7 Å². The van der Waals surface area contributed by atoms with Crippen LogP contribution in [0, 0.1) is 0 Å². The molecule has 0 aliphatic carbocycles. The molecule has 1 aromatic heterocycles. The predicted octanol–water partition coefficient (Wildman–Crippen LogP) is 3.97. The van der Waals surface area contributed by atoms with Crippen LogP contribution in [0.15, 0.2) is 47.3 Å². The van der Waals surface area contributed by atoms with Gasteiger partial charge in [0.25, 0.3) is 11.5 Å². The number of hydrogen-bond donors (Lipinski definition) is 1. The molecule has 3 aromatic rings. The number of amides is 1. The fraction of sp³-hybridized carbons (Fsp3) is 0.393. The zero-order valence-corrected chi connectivity index (χ0v) is 25.1. The Bertz CT molecular complexity index is 1630. The molecule has 1 fully saturated rings. The molecule has 2 aromatic carbocycles. The summed E-state index contributed by atoms with van der Waals surface area (Å²) in [6.07, 6.45) is 2.79. The minimum atomic E-state index is -3.42. The number of hydrogen-bond acceptors (Lipinski definition) is 7. The highest BCUT2D eigenvalue weighted by molar-refractivity contribution is 7.88. The van der Waals surface area contributed by atoms with Crippen molar-refractivity contribution in [2.75, 3.05) is 38.3 Å². The van der Waals surface area contributed by atoms with Crippen LogP contribution in [0.25, 0.3) is 0 Å². The van der Waals surface area contributed by atoms with Crippen LogP contribution in [-0.4, -0.2) is 66.1 Å². The molecule has 0 bridgehead atoms. The van der Waals surface area contributed by atoms with E-state index in [1.165, 1.54) is 16.6 Å². The summed E-state index contributed by atoms with van der Waals surface area (Å²) in [7, 11) is -1.82. The van der Waals surface area contributed by atoms with Crippen molar-refractivity contribution in [3.05, 3.63) is 85.2 Å². The number of halogens is 2. The highest BCUT2D eigenvalue weighted by atomic mass is 35.5. The lowest BCUT2D eigenvalue weighted by Gasteiger charge is -2.34. The molecule has 1 saturated heterocycles. The molecule has 0 saturated carbocycles. The Morgan fingerprint density at radius 2 is 1.88 bits per heavy atom. The number of ether oxygens (including phenoxy) is 1. The third-order valence-corrected chi connectivity index (χ3v) is 9.53. The van der Waals surface area contributed by atoms with Crippen LogP contribution in [0.2, 0.25) is 10.0 Å². The van der Waals surface area contributed by atoms with Crippen LogP contribution in [-0.2, 0) is 29.5 Å².